The van der Waals surface area contributed by atoms with E-state index in [0.717, 1.165) is 0 Å². The molecule has 0 atom stereocenters. The highest BCUT2D eigenvalue weighted by molar-refractivity contribution is 5.50. The number of methoxy groups -OCH3 is 1. The summed E-state index contributed by atoms with van der Waals surface area (Å²) in [6.07, 6.45) is 1.65. The van der Waals surface area contributed by atoms with E-state index in [0.29, 0.717) is 11.5 Å². The number of anilines is 1. The number of hydrogen-bond acceptors (Lipinski definition) is 6. The van der Waals surface area contributed by atoms with E-state index in [1.54, 1.807) is 12.3 Å². The van der Waals surface area contributed by atoms with Gasteiger partial charge in [-0.1, -0.05) is 6.07 Å². The van der Waals surface area contributed by atoms with Gasteiger partial charge >= 0.3 is 6.01 Å². The Morgan fingerprint density at radius 3 is 2.73 bits per heavy atom. The lowest BCUT2D eigenvalue weighted by Gasteiger charge is -2.02. The summed E-state index contributed by atoms with van der Waals surface area (Å²) in [6.45, 7) is 0. The molecular formula is C9H9N5O. The summed E-state index contributed by atoms with van der Waals surface area (Å²) in [5, 5.41) is 0. The molecule has 0 aromatic carbocycles. The number of hydrogen-bond donors (Lipinski definition) is 1. The van der Waals surface area contributed by atoms with Gasteiger partial charge in [0.05, 0.1) is 7.11 Å². The molecule has 2 N–H and O–H groups in total. The van der Waals surface area contributed by atoms with Crippen LogP contribution in [0.25, 0.3) is 11.5 Å². The highest BCUT2D eigenvalue weighted by Crippen LogP contribution is 2.14. The summed E-state index contributed by atoms with van der Waals surface area (Å²) < 4.78 is 4.89. The first-order chi connectivity index (χ1) is 7.29. The minimum absolute atomic E-state index is 0.113. The fraction of sp³-hybridized carbons (Fsp3) is 0.111. The van der Waals surface area contributed by atoms with Crippen molar-refractivity contribution in [3.8, 4) is 17.5 Å². The first kappa shape index (κ1) is 9.32. The average Bonchev–Trinajstić information content (AvgIpc) is 2.29. The van der Waals surface area contributed by atoms with Crippen molar-refractivity contribution < 1.29 is 4.74 Å². The molecule has 0 saturated heterocycles. The molecular weight excluding hydrogens is 194 g/mol. The monoisotopic (exact) mass is 203 g/mol. The zero-order valence-corrected chi connectivity index (χ0v) is 8.08. The van der Waals surface area contributed by atoms with Gasteiger partial charge in [-0.15, -0.1) is 0 Å². The number of nitrogens with two attached hydrogens (primary N) is 1. The Morgan fingerprint density at radius 1 is 1.20 bits per heavy atom. The van der Waals surface area contributed by atoms with Crippen LogP contribution in [0.2, 0.25) is 0 Å². The Bertz CT molecular complexity index is 459. The topological polar surface area (TPSA) is 86.8 Å². The standard InChI is InChI=1S/C9H9N5O/c1-15-9-13-7(12-8(10)14-9)6-4-2-3-5-11-6/h2-5H,1H3,(H2,10,12,13,14). The van der Waals surface area contributed by atoms with Crippen LogP contribution in [0.3, 0.4) is 0 Å². The normalized spacial score (nSPS) is 9.93. The van der Waals surface area contributed by atoms with Gasteiger partial charge in [-0.2, -0.15) is 15.0 Å². The van der Waals surface area contributed by atoms with Gasteiger partial charge in [0.2, 0.25) is 5.95 Å². The summed E-state index contributed by atoms with van der Waals surface area (Å²) in [5.74, 6) is 0.516. The SMILES string of the molecule is COc1nc(N)nc(-c2ccccn2)n1. The smallest absolute Gasteiger partial charge is 0.321 e. The van der Waals surface area contributed by atoms with Gasteiger partial charge in [-0.25, -0.2) is 0 Å². The quantitative estimate of drug-likeness (QED) is 0.765. The Labute approximate surface area is 86.2 Å². The van der Waals surface area contributed by atoms with Crippen LogP contribution in [-0.2, 0) is 0 Å². The number of aromatic nitrogens is 4. The largest absolute Gasteiger partial charge is 0.467 e. The third kappa shape index (κ3) is 1.98. The van der Waals surface area contributed by atoms with Crippen molar-refractivity contribution in [1.29, 1.82) is 0 Å². The van der Waals surface area contributed by atoms with Crippen LogP contribution in [0.5, 0.6) is 6.01 Å². The van der Waals surface area contributed by atoms with Gasteiger partial charge in [-0.05, 0) is 12.1 Å². The van der Waals surface area contributed by atoms with E-state index in [2.05, 4.69) is 19.9 Å². The summed E-state index contributed by atoms with van der Waals surface area (Å²) in [4.78, 5) is 15.9. The van der Waals surface area contributed by atoms with Crippen molar-refractivity contribution in [1.82, 2.24) is 19.9 Å². The van der Waals surface area contributed by atoms with Crippen molar-refractivity contribution in [3.05, 3.63) is 24.4 Å². The van der Waals surface area contributed by atoms with Gasteiger partial charge in [0.15, 0.2) is 5.82 Å². The molecule has 0 aliphatic carbocycles. The first-order valence-corrected chi connectivity index (χ1v) is 4.26. The van der Waals surface area contributed by atoms with E-state index < -0.39 is 0 Å². The molecule has 0 radical (unpaired) electrons. The third-order valence-electron chi connectivity index (χ3n) is 1.71. The van der Waals surface area contributed by atoms with Crippen molar-refractivity contribution in [3.63, 3.8) is 0 Å². The third-order valence-corrected chi connectivity index (χ3v) is 1.71. The summed E-state index contributed by atoms with van der Waals surface area (Å²) in [7, 11) is 1.47. The zero-order valence-electron chi connectivity index (χ0n) is 8.08. The highest BCUT2D eigenvalue weighted by atomic mass is 16.5. The maximum Gasteiger partial charge on any atom is 0.321 e. The molecule has 6 heteroatoms. The molecule has 76 valence electrons. The molecule has 2 heterocycles. The fourth-order valence-corrected chi connectivity index (χ4v) is 1.07. The van der Waals surface area contributed by atoms with E-state index >= 15 is 0 Å². The predicted octanol–water partition coefficient (Wildman–Crippen LogP) is 0.524. The number of ether oxygens (including phenoxy) is 1. The summed E-state index contributed by atoms with van der Waals surface area (Å²) in [6, 6.07) is 5.62. The summed E-state index contributed by atoms with van der Waals surface area (Å²) >= 11 is 0. The molecule has 6 nitrogen and oxygen atoms in total. The molecule has 0 aliphatic rings. The van der Waals surface area contributed by atoms with Crippen molar-refractivity contribution in [2.75, 3.05) is 12.8 Å². The average molecular weight is 203 g/mol. The van der Waals surface area contributed by atoms with Crippen LogP contribution in [0, 0.1) is 0 Å². The second kappa shape index (κ2) is 3.87. The van der Waals surface area contributed by atoms with Gasteiger partial charge in [0, 0.05) is 6.20 Å². The Balaban J connectivity index is 2.49. The van der Waals surface area contributed by atoms with Crippen molar-refractivity contribution in [2.24, 2.45) is 0 Å². The molecule has 0 saturated carbocycles. The van der Waals surface area contributed by atoms with E-state index in [9.17, 15) is 0 Å². The van der Waals surface area contributed by atoms with Crippen LogP contribution < -0.4 is 10.5 Å². The molecule has 0 aliphatic heterocycles. The number of nitrogen functional groups attached to an aromatic ring is 1. The van der Waals surface area contributed by atoms with Crippen molar-refractivity contribution >= 4 is 5.95 Å². The lowest BCUT2D eigenvalue weighted by molar-refractivity contribution is 0.379. The van der Waals surface area contributed by atoms with E-state index in [4.69, 9.17) is 10.5 Å². The summed E-state index contributed by atoms with van der Waals surface area (Å²) in [5.41, 5.74) is 6.13. The lowest BCUT2D eigenvalue weighted by Crippen LogP contribution is -2.03. The van der Waals surface area contributed by atoms with E-state index in [1.165, 1.54) is 7.11 Å². The molecule has 2 aromatic heterocycles. The number of nitrogens with zero attached hydrogens (tertiary/aromatic N) is 4. The van der Waals surface area contributed by atoms with Crippen LogP contribution >= 0.6 is 0 Å². The minimum atomic E-state index is 0.113. The lowest BCUT2D eigenvalue weighted by atomic mass is 10.3. The van der Waals surface area contributed by atoms with E-state index in [-0.39, 0.29) is 12.0 Å². The van der Waals surface area contributed by atoms with Gasteiger partial charge < -0.3 is 10.5 Å². The van der Waals surface area contributed by atoms with Crippen LogP contribution in [-0.4, -0.2) is 27.0 Å². The molecule has 0 bridgehead atoms. The molecule has 0 spiro atoms. The maximum atomic E-state index is 5.50. The van der Waals surface area contributed by atoms with Gasteiger partial charge in [0.25, 0.3) is 0 Å². The second-order valence-electron chi connectivity index (χ2n) is 2.72. The highest BCUT2D eigenvalue weighted by Gasteiger charge is 2.06. The molecule has 0 unspecified atom stereocenters. The van der Waals surface area contributed by atoms with Crippen LogP contribution in [0.1, 0.15) is 0 Å². The number of pyridine rings is 1. The second-order valence-corrected chi connectivity index (χ2v) is 2.72. The zero-order chi connectivity index (χ0) is 10.7. The molecule has 2 rings (SSSR count). The molecule has 0 fully saturated rings. The molecule has 15 heavy (non-hydrogen) atoms. The van der Waals surface area contributed by atoms with Crippen molar-refractivity contribution in [2.45, 2.75) is 0 Å². The first-order valence-electron chi connectivity index (χ1n) is 4.26. The molecule has 0 amide bonds. The fourth-order valence-electron chi connectivity index (χ4n) is 1.07. The van der Waals surface area contributed by atoms with Crippen LogP contribution in [0.15, 0.2) is 24.4 Å². The predicted molar refractivity (Wildman–Crippen MR) is 54.0 cm³/mol. The van der Waals surface area contributed by atoms with Crippen LogP contribution in [0.4, 0.5) is 5.95 Å². The maximum absolute atomic E-state index is 5.50. The Hall–Kier alpha value is -2.24. The Kier molecular flexibility index (Phi) is 2.40. The van der Waals surface area contributed by atoms with Gasteiger partial charge in [0.1, 0.15) is 5.69 Å². The molecule has 2 aromatic rings. The van der Waals surface area contributed by atoms with E-state index in [1.807, 2.05) is 12.1 Å². The Morgan fingerprint density at radius 2 is 2.07 bits per heavy atom. The van der Waals surface area contributed by atoms with Gasteiger partial charge in [-0.3, -0.25) is 4.98 Å². The minimum Gasteiger partial charge on any atom is -0.467 e. The number of rotatable bonds is 2.